The summed E-state index contributed by atoms with van der Waals surface area (Å²) in [6.07, 6.45) is 1.60. The molecule has 0 aliphatic carbocycles. The van der Waals surface area contributed by atoms with Gasteiger partial charge in [0, 0.05) is 11.6 Å². The Labute approximate surface area is 129 Å². The van der Waals surface area contributed by atoms with Crippen molar-refractivity contribution in [1.29, 1.82) is 0 Å². The minimum atomic E-state index is -0.985. The first-order valence-corrected chi connectivity index (χ1v) is 6.79. The maximum Gasteiger partial charge on any atom is 0.336 e. The molecule has 0 fully saturated rings. The molecule has 0 atom stereocenters. The second-order valence-corrected chi connectivity index (χ2v) is 4.84. The third-order valence-corrected chi connectivity index (χ3v) is 3.33. The van der Waals surface area contributed by atoms with Gasteiger partial charge >= 0.3 is 5.97 Å². The van der Waals surface area contributed by atoms with Crippen LogP contribution in [0.2, 0.25) is 0 Å². The zero-order chi connectivity index (χ0) is 16.1. The quantitative estimate of drug-likeness (QED) is 0.676. The van der Waals surface area contributed by atoms with E-state index in [9.17, 15) is 9.90 Å². The lowest BCUT2D eigenvalue weighted by atomic mass is 10.0. The predicted molar refractivity (Wildman–Crippen MR) is 86.2 cm³/mol. The van der Waals surface area contributed by atoms with Crippen LogP contribution in [0.15, 0.2) is 42.5 Å². The molecule has 0 spiro atoms. The summed E-state index contributed by atoms with van der Waals surface area (Å²) in [5.74, 6) is 0.230. The highest BCUT2D eigenvalue weighted by Gasteiger charge is 2.12. The molecule has 1 N–H and O–H groups in total. The van der Waals surface area contributed by atoms with Gasteiger partial charge in [0.05, 0.1) is 19.8 Å². The first kappa shape index (κ1) is 15.6. The van der Waals surface area contributed by atoms with Crippen LogP contribution in [0.5, 0.6) is 11.5 Å². The number of aliphatic carboxylic acids is 1. The molecule has 22 heavy (non-hydrogen) atoms. The van der Waals surface area contributed by atoms with Crippen LogP contribution in [-0.4, -0.2) is 25.3 Å². The number of carboxylic acids is 1. The van der Waals surface area contributed by atoms with Crippen molar-refractivity contribution in [3.05, 3.63) is 59.2 Å². The summed E-state index contributed by atoms with van der Waals surface area (Å²) in [5, 5.41) is 9.49. The summed E-state index contributed by atoms with van der Waals surface area (Å²) in [5.41, 5.74) is 2.62. The monoisotopic (exact) mass is 298 g/mol. The zero-order valence-electron chi connectivity index (χ0n) is 12.8. The first-order valence-electron chi connectivity index (χ1n) is 6.79. The summed E-state index contributed by atoms with van der Waals surface area (Å²) in [6, 6.07) is 12.6. The molecular formula is C18H18O4. The molecule has 114 valence electrons. The topological polar surface area (TPSA) is 55.8 Å². The van der Waals surface area contributed by atoms with Gasteiger partial charge in [0.1, 0.15) is 11.5 Å². The van der Waals surface area contributed by atoms with E-state index in [1.807, 2.05) is 19.1 Å². The average Bonchev–Trinajstić information content (AvgIpc) is 2.53. The third-order valence-electron chi connectivity index (χ3n) is 3.33. The van der Waals surface area contributed by atoms with Gasteiger partial charge in [0.25, 0.3) is 0 Å². The van der Waals surface area contributed by atoms with Gasteiger partial charge < -0.3 is 14.6 Å². The Morgan fingerprint density at radius 1 is 1.05 bits per heavy atom. The van der Waals surface area contributed by atoms with Crippen LogP contribution in [0.25, 0.3) is 11.6 Å². The van der Waals surface area contributed by atoms with Crippen molar-refractivity contribution in [3.8, 4) is 11.5 Å². The minimum absolute atomic E-state index is 0.212. The molecule has 0 aromatic heterocycles. The van der Waals surface area contributed by atoms with Crippen molar-refractivity contribution in [2.24, 2.45) is 0 Å². The number of ether oxygens (including phenoxy) is 2. The molecule has 4 heteroatoms. The van der Waals surface area contributed by atoms with Gasteiger partial charge in [-0.15, -0.1) is 0 Å². The van der Waals surface area contributed by atoms with Crippen molar-refractivity contribution in [2.75, 3.05) is 14.2 Å². The molecule has 2 aromatic rings. The third kappa shape index (κ3) is 3.47. The van der Waals surface area contributed by atoms with E-state index in [2.05, 4.69) is 0 Å². The number of carbonyl (C=O) groups is 1. The lowest BCUT2D eigenvalue weighted by Crippen LogP contribution is -2.00. The average molecular weight is 298 g/mol. The second-order valence-electron chi connectivity index (χ2n) is 4.84. The van der Waals surface area contributed by atoms with E-state index < -0.39 is 5.97 Å². The second kappa shape index (κ2) is 6.80. The molecule has 0 aliphatic rings. The van der Waals surface area contributed by atoms with Crippen molar-refractivity contribution in [2.45, 2.75) is 6.92 Å². The number of rotatable bonds is 5. The van der Waals surface area contributed by atoms with Crippen LogP contribution in [-0.2, 0) is 4.79 Å². The van der Waals surface area contributed by atoms with Gasteiger partial charge in [0.15, 0.2) is 0 Å². The van der Waals surface area contributed by atoms with E-state index in [0.29, 0.717) is 22.6 Å². The number of hydrogen-bond donors (Lipinski definition) is 1. The lowest BCUT2D eigenvalue weighted by Gasteiger charge is -2.09. The molecule has 0 saturated heterocycles. The molecule has 0 unspecified atom stereocenters. The van der Waals surface area contributed by atoms with Gasteiger partial charge in [-0.1, -0.05) is 29.8 Å². The Kier molecular flexibility index (Phi) is 4.84. The fraction of sp³-hybridized carbons (Fsp3) is 0.167. The van der Waals surface area contributed by atoms with Gasteiger partial charge in [-0.3, -0.25) is 0 Å². The van der Waals surface area contributed by atoms with Crippen LogP contribution in [0.4, 0.5) is 0 Å². The summed E-state index contributed by atoms with van der Waals surface area (Å²) in [7, 11) is 3.11. The highest BCUT2D eigenvalue weighted by molar-refractivity contribution is 6.20. The smallest absolute Gasteiger partial charge is 0.336 e. The maximum atomic E-state index is 11.6. The molecule has 4 nitrogen and oxygen atoms in total. The number of carboxylic acid groups (broad SMARTS) is 1. The van der Waals surface area contributed by atoms with E-state index in [1.165, 1.54) is 0 Å². The highest BCUT2D eigenvalue weighted by atomic mass is 16.5. The number of benzene rings is 2. The standard InChI is InChI=1S/C18H18O4/c1-12-4-6-13(7-5-12)16(18(19)20)10-14-8-9-15(21-2)11-17(14)22-3/h4-11H,1-3H3,(H,19,20)/b16-10+. The highest BCUT2D eigenvalue weighted by Crippen LogP contribution is 2.28. The van der Waals surface area contributed by atoms with Crippen LogP contribution in [0.3, 0.4) is 0 Å². The molecule has 2 aromatic carbocycles. The fourth-order valence-corrected chi connectivity index (χ4v) is 2.09. The maximum absolute atomic E-state index is 11.6. The molecule has 2 rings (SSSR count). The predicted octanol–water partition coefficient (Wildman–Crippen LogP) is 3.64. The van der Waals surface area contributed by atoms with E-state index >= 15 is 0 Å². The van der Waals surface area contributed by atoms with Crippen LogP contribution < -0.4 is 9.47 Å². The van der Waals surface area contributed by atoms with Crippen LogP contribution in [0, 0.1) is 6.92 Å². The van der Waals surface area contributed by atoms with E-state index in [1.54, 1.807) is 50.6 Å². The molecular weight excluding hydrogens is 280 g/mol. The summed E-state index contributed by atoms with van der Waals surface area (Å²) >= 11 is 0. The normalized spacial score (nSPS) is 11.1. The summed E-state index contributed by atoms with van der Waals surface area (Å²) < 4.78 is 10.5. The SMILES string of the molecule is COc1ccc(/C=C(/C(=O)O)c2ccc(C)cc2)c(OC)c1. The molecule has 0 saturated carbocycles. The van der Waals surface area contributed by atoms with Gasteiger partial charge in [0.2, 0.25) is 0 Å². The Morgan fingerprint density at radius 2 is 1.73 bits per heavy atom. The summed E-state index contributed by atoms with van der Waals surface area (Å²) in [4.78, 5) is 11.6. The van der Waals surface area contributed by atoms with E-state index in [4.69, 9.17) is 9.47 Å². The molecule has 0 heterocycles. The Hall–Kier alpha value is -2.75. The van der Waals surface area contributed by atoms with Crippen molar-refractivity contribution in [3.63, 3.8) is 0 Å². The van der Waals surface area contributed by atoms with Gasteiger partial charge in [-0.05, 0) is 30.7 Å². The Bertz CT molecular complexity index is 700. The Balaban J connectivity index is 2.51. The Morgan fingerprint density at radius 3 is 2.27 bits per heavy atom. The van der Waals surface area contributed by atoms with Crippen LogP contribution >= 0.6 is 0 Å². The van der Waals surface area contributed by atoms with Gasteiger partial charge in [-0.25, -0.2) is 4.79 Å². The van der Waals surface area contributed by atoms with E-state index in [-0.39, 0.29) is 5.57 Å². The van der Waals surface area contributed by atoms with Gasteiger partial charge in [-0.2, -0.15) is 0 Å². The van der Waals surface area contributed by atoms with Crippen molar-refractivity contribution >= 4 is 17.6 Å². The zero-order valence-corrected chi connectivity index (χ0v) is 12.8. The number of methoxy groups -OCH3 is 2. The lowest BCUT2D eigenvalue weighted by molar-refractivity contribution is -0.130. The summed E-state index contributed by atoms with van der Waals surface area (Å²) in [6.45, 7) is 1.96. The number of hydrogen-bond acceptors (Lipinski definition) is 3. The van der Waals surface area contributed by atoms with Crippen LogP contribution in [0.1, 0.15) is 16.7 Å². The number of aryl methyl sites for hydroxylation is 1. The fourth-order valence-electron chi connectivity index (χ4n) is 2.09. The first-order chi connectivity index (χ1) is 10.5. The minimum Gasteiger partial charge on any atom is -0.497 e. The largest absolute Gasteiger partial charge is 0.497 e. The van der Waals surface area contributed by atoms with Crippen molar-refractivity contribution in [1.82, 2.24) is 0 Å². The van der Waals surface area contributed by atoms with Crippen molar-refractivity contribution < 1.29 is 19.4 Å². The molecule has 0 bridgehead atoms. The molecule has 0 radical (unpaired) electrons. The van der Waals surface area contributed by atoms with E-state index in [0.717, 1.165) is 5.56 Å². The molecule has 0 aliphatic heterocycles. The molecule has 0 amide bonds.